The summed E-state index contributed by atoms with van der Waals surface area (Å²) in [5.41, 5.74) is 5.53. The number of oxime groups is 1. The van der Waals surface area contributed by atoms with Crippen LogP contribution in [0.5, 0.6) is 0 Å². The highest BCUT2D eigenvalue weighted by atomic mass is 16.4. The molecule has 8 heteroatoms. The van der Waals surface area contributed by atoms with Gasteiger partial charge in [0.25, 0.3) is 5.91 Å². The van der Waals surface area contributed by atoms with Gasteiger partial charge in [-0.1, -0.05) is 5.16 Å². The normalized spacial score (nSPS) is 17.8. The highest BCUT2D eigenvalue weighted by molar-refractivity contribution is 5.92. The van der Waals surface area contributed by atoms with Gasteiger partial charge in [-0.3, -0.25) is 14.7 Å². The average molecular weight is 292 g/mol. The Kier molecular flexibility index (Phi) is 4.37. The Morgan fingerprint density at radius 3 is 2.52 bits per heavy atom. The second kappa shape index (κ2) is 6.04. The van der Waals surface area contributed by atoms with E-state index in [0.29, 0.717) is 31.9 Å². The van der Waals surface area contributed by atoms with E-state index in [0.717, 1.165) is 0 Å². The Labute approximate surface area is 123 Å². The Morgan fingerprint density at radius 1 is 1.33 bits per heavy atom. The van der Waals surface area contributed by atoms with Gasteiger partial charge in [-0.05, 0) is 13.8 Å². The Hall–Kier alpha value is -2.22. The number of carbonyl (C=O) groups is 1. The minimum Gasteiger partial charge on any atom is -0.409 e. The Bertz CT molecular complexity index is 523. The predicted octanol–water partition coefficient (Wildman–Crippen LogP) is -0.241. The molecule has 1 saturated heterocycles. The van der Waals surface area contributed by atoms with E-state index in [1.54, 1.807) is 4.90 Å². The van der Waals surface area contributed by atoms with Gasteiger partial charge in [0.05, 0.1) is 11.7 Å². The van der Waals surface area contributed by atoms with Crippen LogP contribution in [-0.4, -0.2) is 68.4 Å². The van der Waals surface area contributed by atoms with Crippen molar-refractivity contribution in [2.45, 2.75) is 19.4 Å². The summed E-state index contributed by atoms with van der Waals surface area (Å²) >= 11 is 0. The van der Waals surface area contributed by atoms with Gasteiger partial charge in [0, 0.05) is 38.6 Å². The molecule has 21 heavy (non-hydrogen) atoms. The van der Waals surface area contributed by atoms with Crippen LogP contribution in [-0.2, 0) is 0 Å². The minimum atomic E-state index is -0.545. The summed E-state index contributed by atoms with van der Waals surface area (Å²) in [4.78, 5) is 24.0. The van der Waals surface area contributed by atoms with E-state index in [4.69, 9.17) is 10.9 Å². The van der Waals surface area contributed by atoms with Crippen molar-refractivity contribution in [1.82, 2.24) is 19.8 Å². The number of carbonyl (C=O) groups excluding carboxylic acids is 1. The van der Waals surface area contributed by atoms with Crippen molar-refractivity contribution in [3.63, 3.8) is 0 Å². The van der Waals surface area contributed by atoms with Gasteiger partial charge in [0.1, 0.15) is 5.69 Å². The number of nitrogens with zero attached hydrogens (tertiary/aromatic N) is 5. The van der Waals surface area contributed by atoms with Crippen molar-refractivity contribution < 1.29 is 10.0 Å². The number of rotatable bonds is 3. The zero-order valence-corrected chi connectivity index (χ0v) is 12.2. The molecule has 1 aliphatic rings. The van der Waals surface area contributed by atoms with E-state index in [2.05, 4.69) is 20.0 Å². The first-order valence-corrected chi connectivity index (χ1v) is 6.75. The molecule has 0 unspecified atom stereocenters. The summed E-state index contributed by atoms with van der Waals surface area (Å²) in [6.45, 7) is 6.21. The number of piperazine rings is 1. The van der Waals surface area contributed by atoms with Crippen LogP contribution in [0.25, 0.3) is 0 Å². The molecule has 0 spiro atoms. The van der Waals surface area contributed by atoms with Gasteiger partial charge >= 0.3 is 0 Å². The van der Waals surface area contributed by atoms with Gasteiger partial charge in [-0.15, -0.1) is 0 Å². The second-order valence-electron chi connectivity index (χ2n) is 5.41. The fourth-order valence-electron chi connectivity index (χ4n) is 2.32. The molecule has 0 saturated carbocycles. The van der Waals surface area contributed by atoms with E-state index in [1.807, 2.05) is 13.8 Å². The van der Waals surface area contributed by atoms with E-state index < -0.39 is 5.54 Å². The maximum atomic E-state index is 12.3. The second-order valence-corrected chi connectivity index (χ2v) is 5.41. The van der Waals surface area contributed by atoms with Gasteiger partial charge < -0.3 is 15.8 Å². The van der Waals surface area contributed by atoms with Crippen LogP contribution in [0.4, 0.5) is 0 Å². The molecule has 3 N–H and O–H groups in total. The molecular weight excluding hydrogens is 272 g/mol. The van der Waals surface area contributed by atoms with Crippen LogP contribution >= 0.6 is 0 Å². The lowest BCUT2D eigenvalue weighted by Crippen LogP contribution is -2.60. The third-order valence-electron chi connectivity index (χ3n) is 3.87. The number of nitrogens with two attached hydrogens (primary N) is 1. The Morgan fingerprint density at radius 2 is 2.00 bits per heavy atom. The molecule has 1 aromatic heterocycles. The van der Waals surface area contributed by atoms with Crippen LogP contribution in [0.3, 0.4) is 0 Å². The zero-order valence-electron chi connectivity index (χ0n) is 12.2. The van der Waals surface area contributed by atoms with Crippen LogP contribution in [0.2, 0.25) is 0 Å². The van der Waals surface area contributed by atoms with Gasteiger partial charge in [0.15, 0.2) is 5.84 Å². The molecule has 0 radical (unpaired) electrons. The molecule has 0 atom stereocenters. The number of amidine groups is 1. The highest BCUT2D eigenvalue weighted by Gasteiger charge is 2.35. The lowest BCUT2D eigenvalue weighted by Gasteiger charge is -2.43. The molecule has 2 heterocycles. The summed E-state index contributed by atoms with van der Waals surface area (Å²) in [5, 5.41) is 11.9. The monoisotopic (exact) mass is 292 g/mol. The maximum Gasteiger partial charge on any atom is 0.274 e. The third kappa shape index (κ3) is 3.10. The quantitative estimate of drug-likeness (QED) is 0.344. The number of hydrogen-bond donors (Lipinski definition) is 2. The summed E-state index contributed by atoms with van der Waals surface area (Å²) in [6, 6.07) is 0. The summed E-state index contributed by atoms with van der Waals surface area (Å²) < 4.78 is 0. The molecule has 1 aliphatic heterocycles. The van der Waals surface area contributed by atoms with Gasteiger partial charge in [-0.2, -0.15) is 0 Å². The molecule has 0 aliphatic carbocycles. The first-order chi connectivity index (χ1) is 9.96. The summed E-state index contributed by atoms with van der Waals surface area (Å²) in [6.07, 6.45) is 4.51. The number of hydrogen-bond acceptors (Lipinski definition) is 6. The van der Waals surface area contributed by atoms with Crippen molar-refractivity contribution in [3.05, 3.63) is 24.3 Å². The number of aromatic nitrogens is 2. The average Bonchev–Trinajstić information content (AvgIpc) is 2.54. The van der Waals surface area contributed by atoms with Crippen molar-refractivity contribution >= 4 is 11.7 Å². The molecule has 1 amide bonds. The van der Waals surface area contributed by atoms with E-state index in [9.17, 15) is 4.79 Å². The summed E-state index contributed by atoms with van der Waals surface area (Å²) in [5.74, 6) is 0.0422. The molecule has 1 fully saturated rings. The smallest absolute Gasteiger partial charge is 0.274 e. The summed E-state index contributed by atoms with van der Waals surface area (Å²) in [7, 11) is 0. The topological polar surface area (TPSA) is 108 Å². The Balaban J connectivity index is 1.99. The maximum absolute atomic E-state index is 12.3. The zero-order chi connectivity index (χ0) is 15.5. The van der Waals surface area contributed by atoms with Crippen LogP contribution in [0.15, 0.2) is 23.7 Å². The van der Waals surface area contributed by atoms with E-state index in [-0.39, 0.29) is 11.7 Å². The first kappa shape index (κ1) is 15.2. The van der Waals surface area contributed by atoms with Crippen LogP contribution < -0.4 is 5.73 Å². The van der Waals surface area contributed by atoms with Crippen molar-refractivity contribution in [1.29, 1.82) is 0 Å². The standard InChI is InChI=1S/C13H20N6O2/c1-13(2,12(14)17-21)19-7-5-18(6-8-19)11(20)10-9-15-3-4-16-10/h3-4,9,21H,5-8H2,1-2H3,(H2,14,17). The lowest BCUT2D eigenvalue weighted by molar-refractivity contribution is 0.0526. The predicted molar refractivity (Wildman–Crippen MR) is 77.0 cm³/mol. The van der Waals surface area contributed by atoms with Gasteiger partial charge in [0.2, 0.25) is 0 Å². The SMILES string of the molecule is CC(C)(C(N)=NO)N1CCN(C(=O)c2cnccn2)CC1. The molecule has 8 nitrogen and oxygen atoms in total. The van der Waals surface area contributed by atoms with Crippen LogP contribution in [0, 0.1) is 0 Å². The van der Waals surface area contributed by atoms with Crippen molar-refractivity contribution in [2.24, 2.45) is 10.9 Å². The minimum absolute atomic E-state index is 0.121. The van der Waals surface area contributed by atoms with Crippen LogP contribution in [0.1, 0.15) is 24.3 Å². The van der Waals surface area contributed by atoms with E-state index in [1.165, 1.54) is 18.6 Å². The first-order valence-electron chi connectivity index (χ1n) is 6.75. The van der Waals surface area contributed by atoms with Crippen molar-refractivity contribution in [3.8, 4) is 0 Å². The lowest BCUT2D eigenvalue weighted by atomic mass is 10.00. The number of amides is 1. The molecule has 114 valence electrons. The molecule has 1 aromatic rings. The molecular formula is C13H20N6O2. The highest BCUT2D eigenvalue weighted by Crippen LogP contribution is 2.18. The van der Waals surface area contributed by atoms with Gasteiger partial charge in [-0.25, -0.2) is 4.98 Å². The third-order valence-corrected chi connectivity index (χ3v) is 3.87. The van der Waals surface area contributed by atoms with E-state index >= 15 is 0 Å². The fourth-order valence-corrected chi connectivity index (χ4v) is 2.32. The molecule has 0 bridgehead atoms. The largest absolute Gasteiger partial charge is 0.409 e. The molecule has 0 aromatic carbocycles. The molecule has 2 rings (SSSR count). The fraction of sp³-hybridized carbons (Fsp3) is 0.538. The van der Waals surface area contributed by atoms with Crippen molar-refractivity contribution in [2.75, 3.05) is 26.2 Å².